The summed E-state index contributed by atoms with van der Waals surface area (Å²) in [6.45, 7) is 2.75. The first kappa shape index (κ1) is 14.0. The minimum Gasteiger partial charge on any atom is -0.494 e. The van der Waals surface area contributed by atoms with Gasteiger partial charge in [0, 0.05) is 18.0 Å². The second-order valence-electron chi connectivity index (χ2n) is 4.36. The van der Waals surface area contributed by atoms with Crippen molar-refractivity contribution in [3.05, 3.63) is 66.0 Å². The molecule has 0 spiro atoms. The number of nitrogens with zero attached hydrogens (tertiary/aromatic N) is 1. The van der Waals surface area contributed by atoms with Gasteiger partial charge in [-0.3, -0.25) is 9.78 Å². The van der Waals surface area contributed by atoms with E-state index in [9.17, 15) is 4.79 Å². The molecule has 20 heavy (non-hydrogen) atoms. The zero-order chi connectivity index (χ0) is 14.2. The van der Waals surface area contributed by atoms with Crippen molar-refractivity contribution in [2.45, 2.75) is 13.3 Å². The minimum absolute atomic E-state index is 0.0316. The van der Waals surface area contributed by atoms with E-state index in [4.69, 9.17) is 4.74 Å². The first-order chi connectivity index (χ1) is 9.79. The third-order valence-corrected chi connectivity index (χ3v) is 2.72. The molecule has 1 aromatic carbocycles. The lowest BCUT2D eigenvalue weighted by molar-refractivity contribution is 0.104. The molecule has 0 saturated heterocycles. The van der Waals surface area contributed by atoms with Crippen LogP contribution in [0.15, 0.2) is 54.9 Å². The van der Waals surface area contributed by atoms with Gasteiger partial charge >= 0.3 is 0 Å². The van der Waals surface area contributed by atoms with Gasteiger partial charge in [-0.25, -0.2) is 0 Å². The summed E-state index contributed by atoms with van der Waals surface area (Å²) in [4.78, 5) is 16.0. The zero-order valence-electron chi connectivity index (χ0n) is 11.5. The van der Waals surface area contributed by atoms with E-state index < -0.39 is 0 Å². The van der Waals surface area contributed by atoms with Crippen LogP contribution in [0, 0.1) is 0 Å². The Kier molecular flexibility index (Phi) is 5.07. The predicted molar refractivity (Wildman–Crippen MR) is 79.8 cm³/mol. The van der Waals surface area contributed by atoms with Gasteiger partial charge in [-0.1, -0.05) is 13.0 Å². The van der Waals surface area contributed by atoms with Crippen LogP contribution < -0.4 is 4.74 Å². The topological polar surface area (TPSA) is 39.2 Å². The van der Waals surface area contributed by atoms with Gasteiger partial charge < -0.3 is 4.74 Å². The quantitative estimate of drug-likeness (QED) is 0.591. The average molecular weight is 267 g/mol. The molecule has 0 N–H and O–H groups in total. The van der Waals surface area contributed by atoms with Gasteiger partial charge in [-0.2, -0.15) is 0 Å². The molecular formula is C17H17NO2. The minimum atomic E-state index is -0.0316. The molecule has 1 aromatic heterocycles. The molecule has 3 heteroatoms. The molecule has 0 aliphatic heterocycles. The van der Waals surface area contributed by atoms with E-state index >= 15 is 0 Å². The van der Waals surface area contributed by atoms with E-state index in [1.165, 1.54) is 0 Å². The molecule has 3 nitrogen and oxygen atoms in total. The fraction of sp³-hybridized carbons (Fsp3) is 0.176. The number of rotatable bonds is 6. The van der Waals surface area contributed by atoms with Crippen molar-refractivity contribution in [1.29, 1.82) is 0 Å². The van der Waals surface area contributed by atoms with Crippen molar-refractivity contribution >= 4 is 11.9 Å². The van der Waals surface area contributed by atoms with Crippen molar-refractivity contribution in [3.63, 3.8) is 0 Å². The first-order valence-electron chi connectivity index (χ1n) is 6.65. The highest BCUT2D eigenvalue weighted by molar-refractivity contribution is 6.06. The average Bonchev–Trinajstić information content (AvgIpc) is 2.52. The van der Waals surface area contributed by atoms with Crippen LogP contribution in [-0.2, 0) is 0 Å². The van der Waals surface area contributed by atoms with Gasteiger partial charge in [0.05, 0.1) is 6.61 Å². The Labute approximate surface area is 118 Å². The van der Waals surface area contributed by atoms with Crippen LogP contribution in [0.2, 0.25) is 0 Å². The van der Waals surface area contributed by atoms with Crippen LogP contribution in [0.5, 0.6) is 5.75 Å². The molecule has 2 rings (SSSR count). The second kappa shape index (κ2) is 7.24. The Bertz CT molecular complexity index is 574. The number of pyridine rings is 1. The maximum Gasteiger partial charge on any atom is 0.185 e. The fourth-order valence-corrected chi connectivity index (χ4v) is 1.68. The Morgan fingerprint density at radius 2 is 2.05 bits per heavy atom. The summed E-state index contributed by atoms with van der Waals surface area (Å²) >= 11 is 0. The molecule has 0 amide bonds. The highest BCUT2D eigenvalue weighted by Gasteiger charge is 2.02. The lowest BCUT2D eigenvalue weighted by Gasteiger charge is -2.04. The Hall–Kier alpha value is -2.42. The van der Waals surface area contributed by atoms with Gasteiger partial charge in [0.2, 0.25) is 0 Å². The van der Waals surface area contributed by atoms with E-state index in [1.807, 2.05) is 24.3 Å². The number of carbonyl (C=O) groups is 1. The number of allylic oxidation sites excluding steroid dienone is 1. The highest BCUT2D eigenvalue weighted by atomic mass is 16.5. The maximum absolute atomic E-state index is 12.0. The van der Waals surface area contributed by atoms with Gasteiger partial charge in [-0.15, -0.1) is 0 Å². The van der Waals surface area contributed by atoms with Crippen molar-refractivity contribution in [1.82, 2.24) is 4.98 Å². The zero-order valence-corrected chi connectivity index (χ0v) is 11.5. The third kappa shape index (κ3) is 4.05. The summed E-state index contributed by atoms with van der Waals surface area (Å²) in [5.74, 6) is 0.760. The molecule has 0 radical (unpaired) electrons. The van der Waals surface area contributed by atoms with E-state index in [1.54, 1.807) is 36.7 Å². The van der Waals surface area contributed by atoms with Crippen molar-refractivity contribution in [2.75, 3.05) is 6.61 Å². The van der Waals surface area contributed by atoms with Gasteiger partial charge in [0.15, 0.2) is 5.78 Å². The summed E-state index contributed by atoms with van der Waals surface area (Å²) in [6, 6.07) is 10.9. The maximum atomic E-state index is 12.0. The highest BCUT2D eigenvalue weighted by Crippen LogP contribution is 2.13. The molecule has 0 unspecified atom stereocenters. The SMILES string of the molecule is CCCOc1ccc(C(=O)/C=C/c2cccnc2)cc1. The Morgan fingerprint density at radius 3 is 2.70 bits per heavy atom. The van der Waals surface area contributed by atoms with E-state index in [-0.39, 0.29) is 5.78 Å². The molecule has 102 valence electrons. The molecule has 0 aliphatic carbocycles. The van der Waals surface area contributed by atoms with E-state index in [0.717, 1.165) is 17.7 Å². The summed E-state index contributed by atoms with van der Waals surface area (Å²) in [5, 5.41) is 0. The predicted octanol–water partition coefficient (Wildman–Crippen LogP) is 3.77. The van der Waals surface area contributed by atoms with Crippen LogP contribution in [-0.4, -0.2) is 17.4 Å². The van der Waals surface area contributed by atoms with Crippen molar-refractivity contribution in [3.8, 4) is 5.75 Å². The normalized spacial score (nSPS) is 10.7. The van der Waals surface area contributed by atoms with Crippen molar-refractivity contribution in [2.24, 2.45) is 0 Å². The number of hydrogen-bond acceptors (Lipinski definition) is 3. The summed E-state index contributed by atoms with van der Waals surface area (Å²) < 4.78 is 5.48. The number of aromatic nitrogens is 1. The number of hydrogen-bond donors (Lipinski definition) is 0. The number of ketones is 1. The van der Waals surface area contributed by atoms with E-state index in [0.29, 0.717) is 12.2 Å². The molecular weight excluding hydrogens is 250 g/mol. The summed E-state index contributed by atoms with van der Waals surface area (Å²) in [7, 11) is 0. The van der Waals surface area contributed by atoms with Crippen LogP contribution in [0.25, 0.3) is 6.08 Å². The lowest BCUT2D eigenvalue weighted by atomic mass is 10.1. The number of benzene rings is 1. The van der Waals surface area contributed by atoms with Gasteiger partial charge in [0.1, 0.15) is 5.75 Å². The summed E-state index contributed by atoms with van der Waals surface area (Å²) in [5.41, 5.74) is 1.55. The van der Waals surface area contributed by atoms with Crippen LogP contribution in [0.4, 0.5) is 0 Å². The molecule has 0 aliphatic rings. The third-order valence-electron chi connectivity index (χ3n) is 2.72. The molecule has 0 bridgehead atoms. The van der Waals surface area contributed by atoms with Crippen LogP contribution >= 0.6 is 0 Å². The van der Waals surface area contributed by atoms with Gasteiger partial charge in [0.25, 0.3) is 0 Å². The lowest BCUT2D eigenvalue weighted by Crippen LogP contribution is -1.97. The van der Waals surface area contributed by atoms with Crippen LogP contribution in [0.1, 0.15) is 29.3 Å². The fourth-order valence-electron chi connectivity index (χ4n) is 1.68. The second-order valence-corrected chi connectivity index (χ2v) is 4.36. The standard InChI is InChI=1S/C17H17NO2/c1-2-12-20-16-8-6-15(7-9-16)17(19)10-5-14-4-3-11-18-13-14/h3-11,13H,2,12H2,1H3/b10-5+. The monoisotopic (exact) mass is 267 g/mol. The largest absolute Gasteiger partial charge is 0.494 e. The molecule has 0 fully saturated rings. The van der Waals surface area contributed by atoms with Crippen LogP contribution in [0.3, 0.4) is 0 Å². The molecule has 2 aromatic rings. The summed E-state index contributed by atoms with van der Waals surface area (Å²) in [6.07, 6.45) is 7.70. The first-order valence-corrected chi connectivity index (χ1v) is 6.65. The number of carbonyl (C=O) groups excluding carboxylic acids is 1. The molecule has 0 atom stereocenters. The number of ether oxygens (including phenoxy) is 1. The Balaban J connectivity index is 2.00. The van der Waals surface area contributed by atoms with Crippen molar-refractivity contribution < 1.29 is 9.53 Å². The smallest absolute Gasteiger partial charge is 0.185 e. The van der Waals surface area contributed by atoms with E-state index in [2.05, 4.69) is 11.9 Å². The Morgan fingerprint density at radius 1 is 1.25 bits per heavy atom. The van der Waals surface area contributed by atoms with Gasteiger partial charge in [-0.05, 0) is 54.5 Å². The molecule has 1 heterocycles. The molecule has 0 saturated carbocycles.